The SMILES string of the molecule is CN1CCCN(Cc2ccc(-c3nc(-c4cccnc4)cc(=O)[nH]3)cc2)CC1. The number of aromatic amines is 1. The van der Waals surface area contributed by atoms with E-state index in [1.165, 1.54) is 24.6 Å². The number of nitrogens with one attached hydrogen (secondary N) is 1. The van der Waals surface area contributed by atoms with Gasteiger partial charge in [0.05, 0.1) is 5.69 Å². The first-order valence-corrected chi connectivity index (χ1v) is 9.69. The average molecular weight is 375 g/mol. The minimum atomic E-state index is -0.165. The number of nitrogens with zero attached hydrogens (tertiary/aromatic N) is 4. The van der Waals surface area contributed by atoms with Crippen LogP contribution < -0.4 is 5.56 Å². The highest BCUT2D eigenvalue weighted by Crippen LogP contribution is 2.20. The van der Waals surface area contributed by atoms with E-state index in [1.54, 1.807) is 12.4 Å². The molecule has 1 aromatic carbocycles. The lowest BCUT2D eigenvalue weighted by Crippen LogP contribution is -2.28. The van der Waals surface area contributed by atoms with E-state index in [4.69, 9.17) is 0 Å². The third kappa shape index (κ3) is 4.52. The van der Waals surface area contributed by atoms with Gasteiger partial charge in [-0.15, -0.1) is 0 Å². The number of hydrogen-bond acceptors (Lipinski definition) is 5. The number of benzene rings is 1. The van der Waals surface area contributed by atoms with Crippen LogP contribution in [0.2, 0.25) is 0 Å². The van der Waals surface area contributed by atoms with E-state index in [1.807, 2.05) is 24.3 Å². The molecular formula is C22H25N5O. The van der Waals surface area contributed by atoms with Gasteiger partial charge in [0.15, 0.2) is 0 Å². The maximum atomic E-state index is 12.1. The maximum absolute atomic E-state index is 12.1. The highest BCUT2D eigenvalue weighted by Gasteiger charge is 2.12. The van der Waals surface area contributed by atoms with Crippen LogP contribution in [-0.2, 0) is 6.54 Å². The summed E-state index contributed by atoms with van der Waals surface area (Å²) < 4.78 is 0. The van der Waals surface area contributed by atoms with Crippen LogP contribution in [0.1, 0.15) is 12.0 Å². The van der Waals surface area contributed by atoms with Gasteiger partial charge in [0, 0.05) is 49.2 Å². The number of likely N-dealkylation sites (N-methyl/N-ethyl adjacent to an activating group) is 1. The summed E-state index contributed by atoms with van der Waals surface area (Å²) in [4.78, 5) is 28.6. The van der Waals surface area contributed by atoms with Gasteiger partial charge in [0.25, 0.3) is 5.56 Å². The van der Waals surface area contributed by atoms with E-state index in [0.29, 0.717) is 11.5 Å². The molecule has 3 aromatic rings. The molecule has 1 aliphatic heterocycles. The zero-order valence-corrected chi connectivity index (χ0v) is 16.1. The fourth-order valence-corrected chi connectivity index (χ4v) is 3.54. The van der Waals surface area contributed by atoms with Crippen LogP contribution in [0.15, 0.2) is 59.7 Å². The summed E-state index contributed by atoms with van der Waals surface area (Å²) in [6.45, 7) is 5.47. The van der Waals surface area contributed by atoms with E-state index in [0.717, 1.165) is 37.3 Å². The summed E-state index contributed by atoms with van der Waals surface area (Å²) in [6, 6.07) is 13.6. The van der Waals surface area contributed by atoms with Crippen LogP contribution in [-0.4, -0.2) is 58.0 Å². The molecule has 4 rings (SSSR count). The molecule has 0 unspecified atom stereocenters. The van der Waals surface area contributed by atoms with Crippen molar-refractivity contribution >= 4 is 0 Å². The van der Waals surface area contributed by atoms with Crippen LogP contribution >= 0.6 is 0 Å². The molecule has 1 saturated heterocycles. The molecule has 0 spiro atoms. The Labute approximate surface area is 164 Å². The van der Waals surface area contributed by atoms with Crippen LogP contribution in [0.25, 0.3) is 22.6 Å². The minimum absolute atomic E-state index is 0.165. The smallest absolute Gasteiger partial charge is 0.251 e. The Morgan fingerprint density at radius 3 is 2.68 bits per heavy atom. The summed E-state index contributed by atoms with van der Waals surface area (Å²) in [5.41, 5.74) is 3.48. The lowest BCUT2D eigenvalue weighted by molar-refractivity contribution is 0.269. The molecule has 1 fully saturated rings. The lowest BCUT2D eigenvalue weighted by atomic mass is 10.1. The number of H-pyrrole nitrogens is 1. The van der Waals surface area contributed by atoms with Gasteiger partial charge in [0.1, 0.15) is 5.82 Å². The Bertz CT molecular complexity index is 968. The van der Waals surface area contributed by atoms with E-state index in [9.17, 15) is 4.79 Å². The Kier molecular flexibility index (Phi) is 5.60. The quantitative estimate of drug-likeness (QED) is 0.759. The summed E-state index contributed by atoms with van der Waals surface area (Å²) in [6.07, 6.45) is 4.63. The molecule has 3 heterocycles. The van der Waals surface area contributed by atoms with Gasteiger partial charge in [-0.2, -0.15) is 0 Å². The van der Waals surface area contributed by atoms with Crippen molar-refractivity contribution in [2.75, 3.05) is 33.2 Å². The standard InChI is InChI=1S/C22H25N5O/c1-26-10-3-11-27(13-12-26)16-17-5-7-18(8-6-17)22-24-20(14-21(28)25-22)19-4-2-9-23-15-19/h2,4-9,14-15H,3,10-13,16H2,1H3,(H,24,25,28). The van der Waals surface area contributed by atoms with Crippen molar-refractivity contribution in [3.8, 4) is 22.6 Å². The summed E-state index contributed by atoms with van der Waals surface area (Å²) >= 11 is 0. The zero-order chi connectivity index (χ0) is 19.3. The number of pyridine rings is 1. The Morgan fingerprint density at radius 1 is 1.04 bits per heavy atom. The Morgan fingerprint density at radius 2 is 1.89 bits per heavy atom. The van der Waals surface area contributed by atoms with Gasteiger partial charge in [0.2, 0.25) is 0 Å². The van der Waals surface area contributed by atoms with Crippen molar-refractivity contribution in [2.45, 2.75) is 13.0 Å². The fraction of sp³-hybridized carbons (Fsp3) is 0.318. The van der Waals surface area contributed by atoms with Crippen molar-refractivity contribution in [2.24, 2.45) is 0 Å². The van der Waals surface area contributed by atoms with Crippen LogP contribution in [0, 0.1) is 0 Å². The first-order chi connectivity index (χ1) is 13.7. The summed E-state index contributed by atoms with van der Waals surface area (Å²) in [5, 5.41) is 0. The third-order valence-corrected chi connectivity index (χ3v) is 5.14. The molecule has 1 aliphatic rings. The van der Waals surface area contributed by atoms with Crippen molar-refractivity contribution in [3.63, 3.8) is 0 Å². The van der Waals surface area contributed by atoms with Crippen LogP contribution in [0.4, 0.5) is 0 Å². The molecular weight excluding hydrogens is 350 g/mol. The van der Waals surface area contributed by atoms with Crippen LogP contribution in [0.3, 0.4) is 0 Å². The van der Waals surface area contributed by atoms with Crippen molar-refractivity contribution in [3.05, 3.63) is 70.8 Å². The van der Waals surface area contributed by atoms with E-state index in [-0.39, 0.29) is 5.56 Å². The second-order valence-electron chi connectivity index (χ2n) is 7.35. The molecule has 0 aliphatic carbocycles. The predicted molar refractivity (Wildman–Crippen MR) is 111 cm³/mol. The zero-order valence-electron chi connectivity index (χ0n) is 16.1. The maximum Gasteiger partial charge on any atom is 0.251 e. The lowest BCUT2D eigenvalue weighted by Gasteiger charge is -2.20. The van der Waals surface area contributed by atoms with Crippen LogP contribution in [0.5, 0.6) is 0 Å². The molecule has 2 aromatic heterocycles. The monoisotopic (exact) mass is 375 g/mol. The molecule has 0 radical (unpaired) electrons. The Balaban J connectivity index is 1.52. The van der Waals surface area contributed by atoms with E-state index < -0.39 is 0 Å². The average Bonchev–Trinajstić information content (AvgIpc) is 2.93. The summed E-state index contributed by atoms with van der Waals surface area (Å²) in [5.74, 6) is 0.578. The topological polar surface area (TPSA) is 65.1 Å². The molecule has 0 bridgehead atoms. The molecule has 0 atom stereocenters. The van der Waals surface area contributed by atoms with Crippen molar-refractivity contribution in [1.82, 2.24) is 24.8 Å². The Hall–Kier alpha value is -2.83. The molecule has 144 valence electrons. The highest BCUT2D eigenvalue weighted by molar-refractivity contribution is 5.62. The second kappa shape index (κ2) is 8.46. The van der Waals surface area contributed by atoms with Gasteiger partial charge in [-0.05, 0) is 44.3 Å². The summed E-state index contributed by atoms with van der Waals surface area (Å²) in [7, 11) is 2.19. The van der Waals surface area contributed by atoms with Gasteiger partial charge < -0.3 is 9.88 Å². The third-order valence-electron chi connectivity index (χ3n) is 5.14. The number of rotatable bonds is 4. The van der Waals surface area contributed by atoms with Gasteiger partial charge in [-0.25, -0.2) is 4.98 Å². The van der Waals surface area contributed by atoms with E-state index in [2.05, 4.69) is 43.9 Å². The van der Waals surface area contributed by atoms with Gasteiger partial charge in [-0.1, -0.05) is 24.3 Å². The van der Waals surface area contributed by atoms with E-state index >= 15 is 0 Å². The highest BCUT2D eigenvalue weighted by atomic mass is 16.1. The number of hydrogen-bond donors (Lipinski definition) is 1. The molecule has 28 heavy (non-hydrogen) atoms. The number of aromatic nitrogens is 3. The molecule has 6 nitrogen and oxygen atoms in total. The van der Waals surface area contributed by atoms with Gasteiger partial charge >= 0.3 is 0 Å². The largest absolute Gasteiger partial charge is 0.306 e. The normalized spacial score (nSPS) is 16.0. The molecule has 6 heteroatoms. The van der Waals surface area contributed by atoms with Gasteiger partial charge in [-0.3, -0.25) is 14.7 Å². The fourth-order valence-electron chi connectivity index (χ4n) is 3.54. The second-order valence-corrected chi connectivity index (χ2v) is 7.35. The van der Waals surface area contributed by atoms with Crippen molar-refractivity contribution < 1.29 is 0 Å². The predicted octanol–water partition coefficient (Wildman–Crippen LogP) is 2.64. The molecule has 0 amide bonds. The molecule has 0 saturated carbocycles. The first kappa shape index (κ1) is 18.5. The van der Waals surface area contributed by atoms with Crippen molar-refractivity contribution in [1.29, 1.82) is 0 Å². The first-order valence-electron chi connectivity index (χ1n) is 9.69. The minimum Gasteiger partial charge on any atom is -0.306 e. The molecule has 1 N–H and O–H groups in total.